The summed E-state index contributed by atoms with van der Waals surface area (Å²) in [4.78, 5) is 16.3. The lowest BCUT2D eigenvalue weighted by Crippen LogP contribution is -2.50. The van der Waals surface area contributed by atoms with Crippen LogP contribution in [-0.4, -0.2) is 42.8 Å². The van der Waals surface area contributed by atoms with Crippen LogP contribution in [-0.2, 0) is 17.6 Å². The number of anilines is 1. The van der Waals surface area contributed by atoms with Gasteiger partial charge < -0.3 is 14.5 Å². The predicted octanol–water partition coefficient (Wildman–Crippen LogP) is 2.84. The SMILES string of the molecule is CC(C)(C)OC(=O)N1CCN(c2cccc3c2CC3)CC1. The van der Waals surface area contributed by atoms with Crippen LogP contribution in [0.1, 0.15) is 31.9 Å². The second-order valence-corrected chi connectivity index (χ2v) is 6.87. The number of nitrogens with zero attached hydrogens (tertiary/aromatic N) is 2. The van der Waals surface area contributed by atoms with E-state index < -0.39 is 5.60 Å². The summed E-state index contributed by atoms with van der Waals surface area (Å²) >= 11 is 0. The molecule has 1 amide bonds. The third-order valence-electron chi connectivity index (χ3n) is 4.16. The maximum absolute atomic E-state index is 12.1. The van der Waals surface area contributed by atoms with Crippen molar-refractivity contribution in [2.45, 2.75) is 39.2 Å². The molecule has 1 heterocycles. The first-order chi connectivity index (χ1) is 9.94. The fraction of sp³-hybridized carbons (Fsp3) is 0.588. The van der Waals surface area contributed by atoms with Crippen LogP contribution >= 0.6 is 0 Å². The van der Waals surface area contributed by atoms with Gasteiger partial charge in [-0.05, 0) is 50.8 Å². The maximum Gasteiger partial charge on any atom is 0.410 e. The van der Waals surface area contributed by atoms with E-state index in [2.05, 4.69) is 23.1 Å². The molecule has 21 heavy (non-hydrogen) atoms. The molecule has 0 radical (unpaired) electrons. The van der Waals surface area contributed by atoms with Crippen molar-refractivity contribution in [3.63, 3.8) is 0 Å². The van der Waals surface area contributed by atoms with Crippen molar-refractivity contribution in [2.75, 3.05) is 31.1 Å². The lowest BCUT2D eigenvalue weighted by molar-refractivity contribution is 0.0240. The minimum Gasteiger partial charge on any atom is -0.444 e. The third-order valence-corrected chi connectivity index (χ3v) is 4.16. The topological polar surface area (TPSA) is 32.8 Å². The number of hydrogen-bond donors (Lipinski definition) is 0. The Morgan fingerprint density at radius 1 is 1.10 bits per heavy atom. The molecule has 1 saturated heterocycles. The lowest BCUT2D eigenvalue weighted by Gasteiger charge is -2.39. The minimum absolute atomic E-state index is 0.191. The zero-order valence-corrected chi connectivity index (χ0v) is 13.2. The summed E-state index contributed by atoms with van der Waals surface area (Å²) in [5.41, 5.74) is 3.93. The van der Waals surface area contributed by atoms with Gasteiger partial charge in [-0.3, -0.25) is 0 Å². The normalized spacial score (nSPS) is 18.0. The van der Waals surface area contributed by atoms with Gasteiger partial charge >= 0.3 is 6.09 Å². The Bertz CT molecular complexity index is 540. The quantitative estimate of drug-likeness (QED) is 0.796. The molecular formula is C17H24N2O2. The van der Waals surface area contributed by atoms with Crippen molar-refractivity contribution < 1.29 is 9.53 Å². The fourth-order valence-electron chi connectivity index (χ4n) is 2.98. The van der Waals surface area contributed by atoms with E-state index in [1.165, 1.54) is 29.7 Å². The molecule has 0 aromatic heterocycles. The molecule has 0 N–H and O–H groups in total. The van der Waals surface area contributed by atoms with E-state index in [0.717, 1.165) is 26.2 Å². The smallest absolute Gasteiger partial charge is 0.410 e. The summed E-state index contributed by atoms with van der Waals surface area (Å²) in [6.45, 7) is 8.96. The summed E-state index contributed by atoms with van der Waals surface area (Å²) < 4.78 is 5.44. The highest BCUT2D eigenvalue weighted by molar-refractivity contribution is 5.69. The van der Waals surface area contributed by atoms with Crippen LogP contribution in [0.25, 0.3) is 0 Å². The average molecular weight is 288 g/mol. The average Bonchev–Trinajstić information content (AvgIpc) is 2.38. The van der Waals surface area contributed by atoms with Gasteiger partial charge in [0.2, 0.25) is 0 Å². The molecule has 1 fully saturated rings. The number of carbonyl (C=O) groups is 1. The number of ether oxygens (including phenoxy) is 1. The Morgan fingerprint density at radius 2 is 1.81 bits per heavy atom. The van der Waals surface area contributed by atoms with E-state index in [-0.39, 0.29) is 6.09 Å². The first-order valence-electron chi connectivity index (χ1n) is 7.78. The molecule has 2 aliphatic rings. The van der Waals surface area contributed by atoms with Crippen molar-refractivity contribution in [3.05, 3.63) is 29.3 Å². The summed E-state index contributed by atoms with van der Waals surface area (Å²) in [5, 5.41) is 0. The summed E-state index contributed by atoms with van der Waals surface area (Å²) in [5.74, 6) is 0. The largest absolute Gasteiger partial charge is 0.444 e. The van der Waals surface area contributed by atoms with Gasteiger partial charge in [0.1, 0.15) is 5.60 Å². The number of hydrogen-bond acceptors (Lipinski definition) is 3. The molecule has 1 aliphatic heterocycles. The standard InChI is InChI=1S/C17H24N2O2/c1-17(2,3)21-16(20)19-11-9-18(10-12-19)15-6-4-5-13-7-8-14(13)15/h4-6H,7-12H2,1-3H3. The van der Waals surface area contributed by atoms with Gasteiger partial charge in [0, 0.05) is 31.9 Å². The second-order valence-electron chi connectivity index (χ2n) is 6.87. The van der Waals surface area contributed by atoms with Gasteiger partial charge in [0.15, 0.2) is 0 Å². The van der Waals surface area contributed by atoms with E-state index in [0.29, 0.717) is 0 Å². The summed E-state index contributed by atoms with van der Waals surface area (Å²) in [6, 6.07) is 6.58. The molecule has 4 heteroatoms. The summed E-state index contributed by atoms with van der Waals surface area (Å²) in [7, 11) is 0. The van der Waals surface area contributed by atoms with E-state index in [4.69, 9.17) is 4.74 Å². The Hall–Kier alpha value is -1.71. The highest BCUT2D eigenvalue weighted by Gasteiger charge is 2.27. The third kappa shape index (κ3) is 2.99. The Balaban J connectivity index is 1.60. The molecule has 0 bridgehead atoms. The van der Waals surface area contributed by atoms with Crippen molar-refractivity contribution in [1.29, 1.82) is 0 Å². The van der Waals surface area contributed by atoms with E-state index >= 15 is 0 Å². The number of carbonyl (C=O) groups excluding carboxylic acids is 1. The van der Waals surface area contributed by atoms with Gasteiger partial charge in [-0.15, -0.1) is 0 Å². The highest BCUT2D eigenvalue weighted by Crippen LogP contribution is 2.33. The van der Waals surface area contributed by atoms with Crippen LogP contribution in [0.2, 0.25) is 0 Å². The molecule has 0 spiro atoms. The molecule has 0 saturated carbocycles. The molecule has 3 rings (SSSR count). The van der Waals surface area contributed by atoms with Gasteiger partial charge in [-0.1, -0.05) is 12.1 Å². The van der Waals surface area contributed by atoms with Gasteiger partial charge in [-0.25, -0.2) is 4.79 Å². The molecule has 1 aliphatic carbocycles. The Labute approximate surface area is 126 Å². The lowest BCUT2D eigenvalue weighted by atomic mass is 9.86. The van der Waals surface area contributed by atoms with Crippen molar-refractivity contribution >= 4 is 11.8 Å². The van der Waals surface area contributed by atoms with Crippen molar-refractivity contribution in [1.82, 2.24) is 4.90 Å². The van der Waals surface area contributed by atoms with Gasteiger partial charge in [-0.2, -0.15) is 0 Å². The van der Waals surface area contributed by atoms with E-state index in [1.807, 2.05) is 25.7 Å². The number of amides is 1. The van der Waals surface area contributed by atoms with Crippen LogP contribution in [0.15, 0.2) is 18.2 Å². The molecule has 0 atom stereocenters. The van der Waals surface area contributed by atoms with Crippen LogP contribution in [0.3, 0.4) is 0 Å². The van der Waals surface area contributed by atoms with Crippen LogP contribution in [0.4, 0.5) is 10.5 Å². The van der Waals surface area contributed by atoms with Crippen molar-refractivity contribution in [2.24, 2.45) is 0 Å². The molecule has 114 valence electrons. The van der Waals surface area contributed by atoms with Crippen LogP contribution in [0, 0.1) is 0 Å². The zero-order valence-electron chi connectivity index (χ0n) is 13.2. The van der Waals surface area contributed by atoms with E-state index in [1.54, 1.807) is 0 Å². The Kier molecular flexibility index (Phi) is 3.56. The highest BCUT2D eigenvalue weighted by atomic mass is 16.6. The fourth-order valence-corrected chi connectivity index (χ4v) is 2.98. The first-order valence-corrected chi connectivity index (χ1v) is 7.78. The van der Waals surface area contributed by atoms with Crippen LogP contribution < -0.4 is 4.90 Å². The molecule has 1 aromatic rings. The minimum atomic E-state index is -0.420. The molecule has 4 nitrogen and oxygen atoms in total. The van der Waals surface area contributed by atoms with Gasteiger partial charge in [0.05, 0.1) is 0 Å². The number of fused-ring (bicyclic) bond motifs is 1. The van der Waals surface area contributed by atoms with Gasteiger partial charge in [0.25, 0.3) is 0 Å². The maximum atomic E-state index is 12.1. The Morgan fingerprint density at radius 3 is 2.38 bits per heavy atom. The zero-order chi connectivity index (χ0) is 15.0. The monoisotopic (exact) mass is 288 g/mol. The second kappa shape index (κ2) is 5.24. The first kappa shape index (κ1) is 14.2. The number of piperazine rings is 1. The number of benzene rings is 1. The van der Waals surface area contributed by atoms with Crippen molar-refractivity contribution in [3.8, 4) is 0 Å². The van der Waals surface area contributed by atoms with E-state index in [9.17, 15) is 4.79 Å². The molecule has 1 aromatic carbocycles. The molecular weight excluding hydrogens is 264 g/mol. The predicted molar refractivity (Wildman–Crippen MR) is 83.9 cm³/mol. The number of rotatable bonds is 1. The summed E-state index contributed by atoms with van der Waals surface area (Å²) in [6.07, 6.45) is 2.21. The van der Waals surface area contributed by atoms with Crippen LogP contribution in [0.5, 0.6) is 0 Å². The molecule has 0 unspecified atom stereocenters. The number of aryl methyl sites for hydroxylation is 1.